The maximum absolute atomic E-state index is 12.2. The molecule has 2 rings (SSSR count). The van der Waals surface area contributed by atoms with Gasteiger partial charge in [-0.15, -0.1) is 0 Å². The summed E-state index contributed by atoms with van der Waals surface area (Å²) in [6, 6.07) is 6.75. The zero-order chi connectivity index (χ0) is 16.3. The molecular weight excluding hydrogens is 326 g/mol. The number of aromatic amines is 1. The van der Waals surface area contributed by atoms with E-state index >= 15 is 0 Å². The van der Waals surface area contributed by atoms with E-state index in [1.165, 1.54) is 6.20 Å². The SMILES string of the molecule is CC(C)c1ncc(S(=O)(=O)NCC(O)c2ccccc2Cl)[nH]1. The van der Waals surface area contributed by atoms with Gasteiger partial charge in [0.2, 0.25) is 0 Å². The predicted molar refractivity (Wildman–Crippen MR) is 84.3 cm³/mol. The Kier molecular flexibility index (Phi) is 5.23. The van der Waals surface area contributed by atoms with Gasteiger partial charge in [-0.25, -0.2) is 18.1 Å². The molecule has 6 nitrogen and oxygen atoms in total. The van der Waals surface area contributed by atoms with E-state index in [1.807, 2.05) is 13.8 Å². The molecule has 0 aliphatic heterocycles. The highest BCUT2D eigenvalue weighted by atomic mass is 35.5. The summed E-state index contributed by atoms with van der Waals surface area (Å²) in [5, 5.41) is 10.4. The van der Waals surface area contributed by atoms with E-state index in [0.717, 1.165) is 0 Å². The summed E-state index contributed by atoms with van der Waals surface area (Å²) < 4.78 is 26.7. The van der Waals surface area contributed by atoms with E-state index in [0.29, 0.717) is 16.4 Å². The molecule has 3 N–H and O–H groups in total. The Morgan fingerprint density at radius 1 is 1.36 bits per heavy atom. The van der Waals surface area contributed by atoms with Gasteiger partial charge in [-0.3, -0.25) is 0 Å². The van der Waals surface area contributed by atoms with E-state index in [-0.39, 0.29) is 17.5 Å². The van der Waals surface area contributed by atoms with Crippen molar-refractivity contribution in [1.29, 1.82) is 0 Å². The second-order valence-corrected chi connectivity index (χ2v) is 7.32. The number of nitrogens with one attached hydrogen (secondary N) is 2. The van der Waals surface area contributed by atoms with Gasteiger partial charge in [0.25, 0.3) is 10.0 Å². The van der Waals surface area contributed by atoms with Gasteiger partial charge in [0.05, 0.1) is 12.3 Å². The topological polar surface area (TPSA) is 95.1 Å². The largest absolute Gasteiger partial charge is 0.387 e. The minimum atomic E-state index is -3.76. The van der Waals surface area contributed by atoms with Crippen LogP contribution in [0, 0.1) is 0 Å². The summed E-state index contributed by atoms with van der Waals surface area (Å²) in [5.74, 6) is 0.685. The number of hydrogen-bond acceptors (Lipinski definition) is 4. The molecule has 0 spiro atoms. The van der Waals surface area contributed by atoms with Crippen LogP contribution < -0.4 is 4.72 Å². The van der Waals surface area contributed by atoms with Crippen molar-refractivity contribution in [1.82, 2.24) is 14.7 Å². The number of nitrogens with zero attached hydrogens (tertiary/aromatic N) is 1. The van der Waals surface area contributed by atoms with E-state index in [2.05, 4.69) is 14.7 Å². The van der Waals surface area contributed by atoms with E-state index in [9.17, 15) is 13.5 Å². The Morgan fingerprint density at radius 3 is 2.64 bits per heavy atom. The Hall–Kier alpha value is -1.41. The summed E-state index contributed by atoms with van der Waals surface area (Å²) in [6.07, 6.45) is 0.232. The van der Waals surface area contributed by atoms with Gasteiger partial charge in [-0.05, 0) is 6.07 Å². The smallest absolute Gasteiger partial charge is 0.257 e. The van der Waals surface area contributed by atoms with Gasteiger partial charge in [0.15, 0.2) is 5.03 Å². The number of aliphatic hydroxyl groups is 1. The van der Waals surface area contributed by atoms with E-state index < -0.39 is 16.1 Å². The summed E-state index contributed by atoms with van der Waals surface area (Å²) >= 11 is 5.97. The molecule has 2 aromatic rings. The third kappa shape index (κ3) is 3.86. The average Bonchev–Trinajstić information content (AvgIpc) is 2.96. The molecule has 1 aromatic carbocycles. The molecule has 8 heteroatoms. The fourth-order valence-corrected chi connectivity index (χ4v) is 3.10. The molecule has 0 bridgehead atoms. The summed E-state index contributed by atoms with van der Waals surface area (Å²) in [6.45, 7) is 3.63. The number of hydrogen-bond donors (Lipinski definition) is 3. The van der Waals surface area contributed by atoms with Crippen LogP contribution >= 0.6 is 11.6 Å². The van der Waals surface area contributed by atoms with Crippen LogP contribution in [0.5, 0.6) is 0 Å². The van der Waals surface area contributed by atoms with Crippen molar-refractivity contribution in [3.05, 3.63) is 46.9 Å². The maximum atomic E-state index is 12.2. The third-order valence-electron chi connectivity index (χ3n) is 3.14. The van der Waals surface area contributed by atoms with Gasteiger partial charge in [-0.2, -0.15) is 0 Å². The van der Waals surface area contributed by atoms with Gasteiger partial charge >= 0.3 is 0 Å². The molecule has 1 aromatic heterocycles. The highest BCUT2D eigenvalue weighted by Crippen LogP contribution is 2.22. The molecule has 22 heavy (non-hydrogen) atoms. The average molecular weight is 344 g/mol. The van der Waals surface area contributed by atoms with Crippen molar-refractivity contribution in [2.24, 2.45) is 0 Å². The zero-order valence-electron chi connectivity index (χ0n) is 12.2. The van der Waals surface area contributed by atoms with Crippen LogP contribution in [0.15, 0.2) is 35.5 Å². The van der Waals surface area contributed by atoms with E-state index in [4.69, 9.17) is 11.6 Å². The number of aliphatic hydroxyl groups excluding tert-OH is 1. The number of aromatic nitrogens is 2. The minimum absolute atomic E-state index is 0.0254. The Bertz CT molecular complexity index is 743. The van der Waals surface area contributed by atoms with Crippen molar-refractivity contribution in [2.45, 2.75) is 30.9 Å². The van der Waals surface area contributed by atoms with E-state index in [1.54, 1.807) is 24.3 Å². The second-order valence-electron chi connectivity index (χ2n) is 5.18. The molecule has 0 aliphatic carbocycles. The van der Waals surface area contributed by atoms with Crippen molar-refractivity contribution < 1.29 is 13.5 Å². The molecule has 1 atom stereocenters. The van der Waals surface area contributed by atoms with Crippen molar-refractivity contribution in [2.75, 3.05) is 6.54 Å². The fraction of sp³-hybridized carbons (Fsp3) is 0.357. The predicted octanol–water partition coefficient (Wildman–Crippen LogP) is 2.20. The first-order chi connectivity index (χ1) is 10.3. The number of rotatable bonds is 6. The molecule has 0 saturated heterocycles. The quantitative estimate of drug-likeness (QED) is 0.749. The molecular formula is C14H18ClN3O3S. The number of sulfonamides is 1. The Balaban J connectivity index is 2.07. The molecule has 0 saturated carbocycles. The number of benzene rings is 1. The molecule has 0 aliphatic rings. The number of H-pyrrole nitrogens is 1. The van der Waals surface area contributed by atoms with Crippen LogP contribution in [-0.4, -0.2) is 30.0 Å². The lowest BCUT2D eigenvalue weighted by Gasteiger charge is -2.13. The number of halogens is 1. The lowest BCUT2D eigenvalue weighted by Crippen LogP contribution is -2.29. The van der Waals surface area contributed by atoms with Gasteiger partial charge in [0.1, 0.15) is 5.82 Å². The minimum Gasteiger partial charge on any atom is -0.387 e. The molecule has 1 heterocycles. The van der Waals surface area contributed by atoms with Crippen LogP contribution in [0.1, 0.15) is 37.3 Å². The van der Waals surface area contributed by atoms with Gasteiger partial charge < -0.3 is 10.1 Å². The fourth-order valence-electron chi connectivity index (χ4n) is 1.87. The van der Waals surface area contributed by atoms with Crippen molar-refractivity contribution in [3.63, 3.8) is 0 Å². The Morgan fingerprint density at radius 2 is 2.05 bits per heavy atom. The normalized spacial score (nSPS) is 13.5. The summed E-state index contributed by atoms with van der Waals surface area (Å²) in [7, 11) is -3.76. The van der Waals surface area contributed by atoms with Gasteiger partial charge in [0, 0.05) is 23.0 Å². The van der Waals surface area contributed by atoms with Crippen LogP contribution in [-0.2, 0) is 10.0 Å². The lowest BCUT2D eigenvalue weighted by atomic mass is 10.1. The van der Waals surface area contributed by atoms with Gasteiger partial charge in [-0.1, -0.05) is 43.6 Å². The highest BCUT2D eigenvalue weighted by molar-refractivity contribution is 7.89. The lowest BCUT2D eigenvalue weighted by molar-refractivity contribution is 0.182. The monoisotopic (exact) mass is 343 g/mol. The molecule has 0 radical (unpaired) electrons. The van der Waals surface area contributed by atoms with Crippen LogP contribution in [0.3, 0.4) is 0 Å². The summed E-state index contributed by atoms with van der Waals surface area (Å²) in [4.78, 5) is 6.78. The molecule has 0 fully saturated rings. The first-order valence-corrected chi connectivity index (χ1v) is 8.64. The van der Waals surface area contributed by atoms with Crippen molar-refractivity contribution in [3.8, 4) is 0 Å². The summed E-state index contributed by atoms with van der Waals surface area (Å²) in [5.41, 5.74) is 0.472. The molecule has 120 valence electrons. The van der Waals surface area contributed by atoms with Crippen molar-refractivity contribution >= 4 is 21.6 Å². The standard InChI is InChI=1S/C14H18ClN3O3S/c1-9(2)14-16-8-13(18-14)22(20,21)17-7-12(19)10-5-3-4-6-11(10)15/h3-6,8-9,12,17,19H,7H2,1-2H3,(H,16,18). The highest BCUT2D eigenvalue weighted by Gasteiger charge is 2.20. The van der Waals surface area contributed by atoms with Crippen LogP contribution in [0.4, 0.5) is 0 Å². The first kappa shape index (κ1) is 17.0. The maximum Gasteiger partial charge on any atom is 0.257 e. The number of imidazole rings is 1. The zero-order valence-corrected chi connectivity index (χ0v) is 13.8. The van der Waals surface area contributed by atoms with Crippen LogP contribution in [0.2, 0.25) is 5.02 Å². The molecule has 0 amide bonds. The van der Waals surface area contributed by atoms with Crippen LogP contribution in [0.25, 0.3) is 0 Å². The third-order valence-corrected chi connectivity index (χ3v) is 4.82. The molecule has 1 unspecified atom stereocenters. The second kappa shape index (κ2) is 6.78. The first-order valence-electron chi connectivity index (χ1n) is 6.78. The Labute approximate surface area is 134 Å².